The average molecular weight is 482 g/mol. The van der Waals surface area contributed by atoms with Gasteiger partial charge in [-0.3, -0.25) is 4.79 Å². The number of anilines is 1. The van der Waals surface area contributed by atoms with E-state index in [0.29, 0.717) is 28.2 Å². The van der Waals surface area contributed by atoms with Crippen LogP contribution in [0.1, 0.15) is 24.5 Å². The molecular formula is C21H22BrClN2O4. The van der Waals surface area contributed by atoms with Crippen molar-refractivity contribution in [2.24, 2.45) is 5.73 Å². The summed E-state index contributed by atoms with van der Waals surface area (Å²) in [5.41, 5.74) is 8.91. The highest BCUT2D eigenvalue weighted by molar-refractivity contribution is 9.10. The molecule has 29 heavy (non-hydrogen) atoms. The monoisotopic (exact) mass is 480 g/mol. The molecule has 0 unspecified atom stereocenters. The molecule has 1 atom stereocenters. The molecule has 0 bridgehead atoms. The molecule has 1 amide bonds. The fourth-order valence-corrected chi connectivity index (χ4v) is 4.16. The fraction of sp³-hybridized carbons (Fsp3) is 0.333. The first-order valence-electron chi connectivity index (χ1n) is 9.38. The van der Waals surface area contributed by atoms with Gasteiger partial charge in [0.15, 0.2) is 0 Å². The van der Waals surface area contributed by atoms with Crippen molar-refractivity contribution in [1.82, 2.24) is 0 Å². The van der Waals surface area contributed by atoms with Crippen LogP contribution in [-0.4, -0.2) is 31.3 Å². The highest BCUT2D eigenvalue weighted by Crippen LogP contribution is 2.34. The Morgan fingerprint density at radius 3 is 2.83 bits per heavy atom. The van der Waals surface area contributed by atoms with E-state index < -0.39 is 12.2 Å². The Labute approximate surface area is 183 Å². The minimum atomic E-state index is -0.764. The van der Waals surface area contributed by atoms with Gasteiger partial charge in [-0.2, -0.15) is 0 Å². The third-order valence-corrected chi connectivity index (χ3v) is 5.72. The number of carbonyl (C=O) groups excluding carboxylic acids is 2. The summed E-state index contributed by atoms with van der Waals surface area (Å²) in [7, 11) is 0. The van der Waals surface area contributed by atoms with Crippen molar-refractivity contribution in [3.05, 3.63) is 57.0 Å². The van der Waals surface area contributed by atoms with Crippen molar-refractivity contribution in [2.75, 3.05) is 18.1 Å². The lowest BCUT2D eigenvalue weighted by Gasteiger charge is -2.32. The third kappa shape index (κ3) is 5.10. The summed E-state index contributed by atoms with van der Waals surface area (Å²) in [6.45, 7) is 2.53. The molecule has 1 heterocycles. The standard InChI is InChI=1S/C21H22BrClN2O4/c1-2-28-21(27)29-15-9-8-14(16(22)12-15)11-18(24)20(26)25-10-4-6-13-5-3-7-17(23)19(13)25/h3,5,7-9,12,18H,2,4,6,10-11,24H2,1H3/t18-/m0/s1. The predicted octanol–water partition coefficient (Wildman–Crippen LogP) is 4.49. The van der Waals surface area contributed by atoms with Gasteiger partial charge in [0.25, 0.3) is 0 Å². The molecule has 0 saturated heterocycles. The normalized spacial score (nSPS) is 14.1. The average Bonchev–Trinajstić information content (AvgIpc) is 2.69. The van der Waals surface area contributed by atoms with Crippen molar-refractivity contribution in [1.29, 1.82) is 0 Å². The van der Waals surface area contributed by atoms with Gasteiger partial charge < -0.3 is 20.1 Å². The van der Waals surface area contributed by atoms with Gasteiger partial charge in [-0.1, -0.05) is 45.7 Å². The Bertz CT molecular complexity index is 922. The number of nitrogens with two attached hydrogens (primary N) is 1. The number of carbonyl (C=O) groups is 2. The van der Waals surface area contributed by atoms with E-state index in [-0.39, 0.29) is 12.5 Å². The van der Waals surface area contributed by atoms with Crippen molar-refractivity contribution in [3.8, 4) is 5.75 Å². The lowest BCUT2D eigenvalue weighted by atomic mass is 9.99. The predicted molar refractivity (Wildman–Crippen MR) is 116 cm³/mol. The molecule has 0 aliphatic carbocycles. The summed E-state index contributed by atoms with van der Waals surface area (Å²) in [4.78, 5) is 26.2. The molecule has 1 aliphatic heterocycles. The van der Waals surface area contributed by atoms with Crippen LogP contribution in [0.2, 0.25) is 5.02 Å². The Morgan fingerprint density at radius 1 is 1.31 bits per heavy atom. The maximum Gasteiger partial charge on any atom is 0.513 e. The summed E-state index contributed by atoms with van der Waals surface area (Å²) in [5, 5.41) is 0.560. The summed E-state index contributed by atoms with van der Waals surface area (Å²) >= 11 is 9.81. The van der Waals surface area contributed by atoms with Crippen LogP contribution in [0.5, 0.6) is 5.75 Å². The number of ether oxygens (including phenoxy) is 2. The van der Waals surface area contributed by atoms with Gasteiger partial charge in [-0.15, -0.1) is 0 Å². The number of fused-ring (bicyclic) bond motifs is 1. The van der Waals surface area contributed by atoms with Crippen LogP contribution in [0.25, 0.3) is 0 Å². The van der Waals surface area contributed by atoms with E-state index in [1.54, 1.807) is 36.1 Å². The molecule has 8 heteroatoms. The van der Waals surface area contributed by atoms with E-state index in [9.17, 15) is 9.59 Å². The van der Waals surface area contributed by atoms with Crippen LogP contribution >= 0.6 is 27.5 Å². The summed E-state index contributed by atoms with van der Waals surface area (Å²) < 4.78 is 10.5. The summed E-state index contributed by atoms with van der Waals surface area (Å²) in [6.07, 6.45) is 1.33. The Hall–Kier alpha value is -2.09. The summed E-state index contributed by atoms with van der Waals surface area (Å²) in [6, 6.07) is 10.00. The van der Waals surface area contributed by atoms with Gasteiger partial charge in [0.1, 0.15) is 5.75 Å². The van der Waals surface area contributed by atoms with E-state index in [1.165, 1.54) is 0 Å². The van der Waals surface area contributed by atoms with Crippen LogP contribution in [-0.2, 0) is 22.4 Å². The van der Waals surface area contributed by atoms with Crippen LogP contribution in [0.3, 0.4) is 0 Å². The minimum absolute atomic E-state index is 0.169. The molecule has 3 rings (SSSR count). The van der Waals surface area contributed by atoms with E-state index in [4.69, 9.17) is 26.8 Å². The number of benzene rings is 2. The van der Waals surface area contributed by atoms with E-state index in [0.717, 1.165) is 29.7 Å². The minimum Gasteiger partial charge on any atom is -0.434 e. The molecule has 0 radical (unpaired) electrons. The van der Waals surface area contributed by atoms with Gasteiger partial charge in [-0.05, 0) is 55.5 Å². The molecule has 1 aliphatic rings. The van der Waals surface area contributed by atoms with Crippen molar-refractivity contribution >= 4 is 45.3 Å². The van der Waals surface area contributed by atoms with Crippen LogP contribution < -0.4 is 15.4 Å². The molecule has 2 aromatic rings. The van der Waals surface area contributed by atoms with E-state index >= 15 is 0 Å². The number of amides is 1. The van der Waals surface area contributed by atoms with Crippen LogP contribution in [0.4, 0.5) is 10.5 Å². The number of hydrogen-bond donors (Lipinski definition) is 1. The number of halogens is 2. The molecule has 0 fully saturated rings. The van der Waals surface area contributed by atoms with Gasteiger partial charge in [0, 0.05) is 11.0 Å². The van der Waals surface area contributed by atoms with Gasteiger partial charge in [-0.25, -0.2) is 4.79 Å². The lowest BCUT2D eigenvalue weighted by Crippen LogP contribution is -2.47. The van der Waals surface area contributed by atoms with E-state index in [1.807, 2.05) is 12.1 Å². The van der Waals surface area contributed by atoms with Gasteiger partial charge in [0.2, 0.25) is 5.91 Å². The smallest absolute Gasteiger partial charge is 0.434 e. The molecule has 154 valence electrons. The van der Waals surface area contributed by atoms with Crippen molar-refractivity contribution in [3.63, 3.8) is 0 Å². The van der Waals surface area contributed by atoms with Crippen molar-refractivity contribution < 1.29 is 19.1 Å². The first kappa shape index (κ1) is 21.6. The largest absolute Gasteiger partial charge is 0.513 e. The second-order valence-corrected chi connectivity index (χ2v) is 7.95. The molecule has 0 spiro atoms. The molecule has 2 aromatic carbocycles. The lowest BCUT2D eigenvalue weighted by molar-refractivity contribution is -0.119. The zero-order chi connectivity index (χ0) is 21.0. The first-order chi connectivity index (χ1) is 13.9. The van der Waals surface area contributed by atoms with E-state index in [2.05, 4.69) is 15.9 Å². The maximum atomic E-state index is 13.1. The first-order valence-corrected chi connectivity index (χ1v) is 10.5. The van der Waals surface area contributed by atoms with Crippen molar-refractivity contribution in [2.45, 2.75) is 32.2 Å². The molecule has 6 nitrogen and oxygen atoms in total. The fourth-order valence-electron chi connectivity index (χ4n) is 3.35. The van der Waals surface area contributed by atoms with Crippen LogP contribution in [0, 0.1) is 0 Å². The second-order valence-electron chi connectivity index (χ2n) is 6.69. The molecule has 2 N–H and O–H groups in total. The number of rotatable bonds is 5. The zero-order valence-electron chi connectivity index (χ0n) is 16.0. The third-order valence-electron chi connectivity index (χ3n) is 4.68. The number of para-hydroxylation sites is 1. The van der Waals surface area contributed by atoms with Gasteiger partial charge in [0.05, 0.1) is 23.4 Å². The quantitative estimate of drug-likeness (QED) is 0.503. The Morgan fingerprint density at radius 2 is 2.10 bits per heavy atom. The molecule has 0 saturated carbocycles. The zero-order valence-corrected chi connectivity index (χ0v) is 18.3. The SMILES string of the molecule is CCOC(=O)Oc1ccc(C[C@H](N)C(=O)N2CCCc3cccc(Cl)c32)c(Br)c1. The molecular weight excluding hydrogens is 460 g/mol. The van der Waals surface area contributed by atoms with Gasteiger partial charge >= 0.3 is 6.16 Å². The molecule has 0 aromatic heterocycles. The highest BCUT2D eigenvalue weighted by atomic mass is 79.9. The maximum absolute atomic E-state index is 13.1. The number of nitrogens with zero attached hydrogens (tertiary/aromatic N) is 1. The number of aryl methyl sites for hydroxylation is 1. The summed E-state index contributed by atoms with van der Waals surface area (Å²) in [5.74, 6) is 0.175. The second kappa shape index (κ2) is 9.61. The number of hydrogen-bond acceptors (Lipinski definition) is 5. The highest BCUT2D eigenvalue weighted by Gasteiger charge is 2.28. The van der Waals surface area contributed by atoms with Crippen LogP contribution in [0.15, 0.2) is 40.9 Å². The topological polar surface area (TPSA) is 81.9 Å². The Balaban J connectivity index is 1.72. The Kier molecular flexibility index (Phi) is 7.16.